The summed E-state index contributed by atoms with van der Waals surface area (Å²) in [5.41, 5.74) is 0.677. The largest absolute Gasteiger partial charge is 0.470 e. The van der Waals surface area contributed by atoms with Crippen LogP contribution in [0, 0.1) is 5.82 Å². The molecule has 0 saturated carbocycles. The molecule has 1 aromatic carbocycles. The summed E-state index contributed by atoms with van der Waals surface area (Å²) in [6.45, 7) is 1.36. The first kappa shape index (κ1) is 15.9. The Kier molecular flexibility index (Phi) is 4.31. The Bertz CT molecular complexity index is 674. The highest BCUT2D eigenvalue weighted by Crippen LogP contribution is 2.28. The molecule has 2 aromatic rings. The number of aromatic nitrogens is 2. The molecular formula is C14H13F4N3O2. The molecule has 3 rings (SSSR count). The van der Waals surface area contributed by atoms with E-state index in [1.54, 1.807) is 12.1 Å². The molecule has 1 aromatic heterocycles. The Balaban J connectivity index is 1.66. The quantitative estimate of drug-likeness (QED) is 0.810. The van der Waals surface area contributed by atoms with E-state index in [0.29, 0.717) is 25.3 Å². The van der Waals surface area contributed by atoms with E-state index in [1.165, 1.54) is 12.1 Å². The van der Waals surface area contributed by atoms with Gasteiger partial charge < -0.3 is 9.15 Å². The molecule has 1 atom stereocenters. The van der Waals surface area contributed by atoms with E-state index in [9.17, 15) is 17.6 Å². The molecule has 0 N–H and O–H groups in total. The highest BCUT2D eigenvalue weighted by atomic mass is 19.4. The zero-order valence-electron chi connectivity index (χ0n) is 11.9. The van der Waals surface area contributed by atoms with Gasteiger partial charge in [-0.1, -0.05) is 12.1 Å². The van der Waals surface area contributed by atoms with Crippen LogP contribution in [0.25, 0.3) is 0 Å². The van der Waals surface area contributed by atoms with Crippen LogP contribution in [0.5, 0.6) is 0 Å². The number of halogens is 4. The van der Waals surface area contributed by atoms with Crippen LogP contribution in [0.15, 0.2) is 28.7 Å². The predicted molar refractivity (Wildman–Crippen MR) is 69.7 cm³/mol. The van der Waals surface area contributed by atoms with Crippen LogP contribution in [-0.2, 0) is 17.5 Å². The molecule has 0 spiro atoms. The average molecular weight is 331 g/mol. The van der Waals surface area contributed by atoms with E-state index >= 15 is 0 Å². The molecule has 0 amide bonds. The molecule has 0 aliphatic carbocycles. The molecule has 1 fully saturated rings. The maximum atomic E-state index is 13.3. The molecule has 9 heteroatoms. The third-order valence-electron chi connectivity index (χ3n) is 3.44. The number of hydrogen-bond donors (Lipinski definition) is 0. The third-order valence-corrected chi connectivity index (χ3v) is 3.44. The van der Waals surface area contributed by atoms with Crippen molar-refractivity contribution in [1.82, 2.24) is 15.1 Å². The van der Waals surface area contributed by atoms with E-state index in [0.717, 1.165) is 0 Å². The monoisotopic (exact) mass is 331 g/mol. The summed E-state index contributed by atoms with van der Waals surface area (Å²) in [7, 11) is 0. The maximum absolute atomic E-state index is 13.3. The van der Waals surface area contributed by atoms with Crippen LogP contribution in [-0.4, -0.2) is 34.8 Å². The number of nitrogens with zero attached hydrogens (tertiary/aromatic N) is 3. The van der Waals surface area contributed by atoms with Crippen molar-refractivity contribution in [2.24, 2.45) is 0 Å². The number of hydrogen-bond acceptors (Lipinski definition) is 5. The summed E-state index contributed by atoms with van der Waals surface area (Å²) in [6.07, 6.45) is -5.01. The first-order valence-corrected chi connectivity index (χ1v) is 6.91. The lowest BCUT2D eigenvalue weighted by molar-refractivity contribution is -0.157. The zero-order chi connectivity index (χ0) is 16.4. The molecule has 1 saturated heterocycles. The highest BCUT2D eigenvalue weighted by Gasteiger charge is 2.38. The molecule has 0 radical (unpaired) electrons. The van der Waals surface area contributed by atoms with Crippen molar-refractivity contribution in [1.29, 1.82) is 0 Å². The van der Waals surface area contributed by atoms with Gasteiger partial charge in [-0.15, -0.1) is 10.2 Å². The molecule has 23 heavy (non-hydrogen) atoms. The minimum Gasteiger partial charge on any atom is -0.416 e. The molecule has 1 aliphatic heterocycles. The first-order valence-electron chi connectivity index (χ1n) is 6.91. The third kappa shape index (κ3) is 3.85. The minimum atomic E-state index is -4.65. The zero-order valence-corrected chi connectivity index (χ0v) is 11.9. The summed E-state index contributed by atoms with van der Waals surface area (Å²) in [5.74, 6) is -1.84. The van der Waals surface area contributed by atoms with Crippen LogP contribution < -0.4 is 0 Å². The molecule has 5 nitrogen and oxygen atoms in total. The van der Waals surface area contributed by atoms with Crippen LogP contribution in [0.3, 0.4) is 0 Å². The Labute approximate surface area is 128 Å². The Morgan fingerprint density at radius 1 is 1.26 bits per heavy atom. The second kappa shape index (κ2) is 6.25. The number of morpholine rings is 1. The van der Waals surface area contributed by atoms with Crippen molar-refractivity contribution in [3.8, 4) is 0 Å². The van der Waals surface area contributed by atoms with E-state index < -0.39 is 12.1 Å². The Morgan fingerprint density at radius 2 is 2.09 bits per heavy atom. The van der Waals surface area contributed by atoms with Gasteiger partial charge in [0, 0.05) is 13.1 Å². The molecule has 1 aliphatic rings. The predicted octanol–water partition coefficient (Wildman–Crippen LogP) is 2.80. The fraction of sp³-hybridized carbons (Fsp3) is 0.429. The molecule has 2 heterocycles. The fourth-order valence-electron chi connectivity index (χ4n) is 2.38. The van der Waals surface area contributed by atoms with E-state index in [2.05, 4.69) is 14.6 Å². The maximum Gasteiger partial charge on any atom is 0.470 e. The number of rotatable bonds is 3. The van der Waals surface area contributed by atoms with E-state index in [1.807, 2.05) is 4.90 Å². The summed E-state index contributed by atoms with van der Waals surface area (Å²) in [6, 6.07) is 6.04. The normalized spacial score (nSPS) is 19.9. The summed E-state index contributed by atoms with van der Waals surface area (Å²) >= 11 is 0. The van der Waals surface area contributed by atoms with Gasteiger partial charge >= 0.3 is 12.1 Å². The standard InChI is InChI=1S/C14H13F4N3O2/c15-10-3-1-2-9(6-10)11-7-21(4-5-22-11)8-12-19-20-13(23-12)14(16,17)18/h1-3,6,11H,4-5,7-8H2. The van der Waals surface area contributed by atoms with Gasteiger partial charge in [0.2, 0.25) is 5.89 Å². The summed E-state index contributed by atoms with van der Waals surface area (Å²) in [4.78, 5) is 1.83. The second-order valence-corrected chi connectivity index (χ2v) is 5.15. The van der Waals surface area contributed by atoms with Gasteiger partial charge in [0.15, 0.2) is 0 Å². The second-order valence-electron chi connectivity index (χ2n) is 5.15. The fourth-order valence-corrected chi connectivity index (χ4v) is 2.38. The van der Waals surface area contributed by atoms with Crippen LogP contribution >= 0.6 is 0 Å². The summed E-state index contributed by atoms with van der Waals surface area (Å²) in [5, 5.41) is 6.40. The van der Waals surface area contributed by atoms with Gasteiger partial charge in [-0.05, 0) is 17.7 Å². The van der Waals surface area contributed by atoms with Crippen molar-refractivity contribution in [3.05, 3.63) is 47.4 Å². The SMILES string of the molecule is Fc1cccc(C2CN(Cc3nnc(C(F)(F)F)o3)CCO2)c1. The first-order chi connectivity index (χ1) is 10.9. The van der Waals surface area contributed by atoms with Gasteiger partial charge in [-0.25, -0.2) is 4.39 Å². The lowest BCUT2D eigenvalue weighted by Gasteiger charge is -2.32. The van der Waals surface area contributed by atoms with Gasteiger partial charge in [0.25, 0.3) is 0 Å². The van der Waals surface area contributed by atoms with Crippen LogP contribution in [0.2, 0.25) is 0 Å². The molecule has 124 valence electrons. The summed E-state index contributed by atoms with van der Waals surface area (Å²) < 4.78 is 60.8. The van der Waals surface area contributed by atoms with E-state index in [-0.39, 0.29) is 24.4 Å². The van der Waals surface area contributed by atoms with Crippen molar-refractivity contribution >= 4 is 0 Å². The lowest BCUT2D eigenvalue weighted by Crippen LogP contribution is -2.37. The smallest absolute Gasteiger partial charge is 0.416 e. The van der Waals surface area contributed by atoms with Gasteiger partial charge in [-0.3, -0.25) is 4.90 Å². The number of alkyl halides is 3. The van der Waals surface area contributed by atoms with E-state index in [4.69, 9.17) is 4.74 Å². The van der Waals surface area contributed by atoms with Gasteiger partial charge in [0.1, 0.15) is 5.82 Å². The van der Waals surface area contributed by atoms with Crippen LogP contribution in [0.1, 0.15) is 23.4 Å². The van der Waals surface area contributed by atoms with Crippen molar-refractivity contribution < 1.29 is 26.7 Å². The Hall–Kier alpha value is -2.00. The molecule has 0 bridgehead atoms. The lowest BCUT2D eigenvalue weighted by atomic mass is 10.1. The van der Waals surface area contributed by atoms with Crippen LogP contribution in [0.4, 0.5) is 17.6 Å². The van der Waals surface area contributed by atoms with Gasteiger partial charge in [-0.2, -0.15) is 13.2 Å². The Morgan fingerprint density at radius 3 is 2.78 bits per heavy atom. The average Bonchev–Trinajstić information content (AvgIpc) is 2.96. The number of benzene rings is 1. The highest BCUT2D eigenvalue weighted by molar-refractivity contribution is 5.19. The van der Waals surface area contributed by atoms with Crippen molar-refractivity contribution in [2.75, 3.05) is 19.7 Å². The van der Waals surface area contributed by atoms with Crippen molar-refractivity contribution in [3.63, 3.8) is 0 Å². The molecular weight excluding hydrogens is 318 g/mol. The number of ether oxygens (including phenoxy) is 1. The topological polar surface area (TPSA) is 51.4 Å². The van der Waals surface area contributed by atoms with Gasteiger partial charge in [0.05, 0.1) is 19.3 Å². The molecule has 1 unspecified atom stereocenters. The minimum absolute atomic E-state index is 0.0816. The van der Waals surface area contributed by atoms with Crippen molar-refractivity contribution in [2.45, 2.75) is 18.8 Å².